The van der Waals surface area contributed by atoms with E-state index in [2.05, 4.69) is 5.32 Å². The van der Waals surface area contributed by atoms with Crippen molar-refractivity contribution >= 4 is 23.2 Å². The highest BCUT2D eigenvalue weighted by molar-refractivity contribution is 6.31. The van der Waals surface area contributed by atoms with Crippen LogP contribution in [0.1, 0.15) is 17.4 Å². The van der Waals surface area contributed by atoms with Crippen molar-refractivity contribution in [3.8, 4) is 5.75 Å². The summed E-state index contributed by atoms with van der Waals surface area (Å²) in [6, 6.07) is 7.92. The van der Waals surface area contributed by atoms with Crippen molar-refractivity contribution in [3.05, 3.63) is 47.2 Å². The average molecular weight is 265 g/mol. The zero-order valence-electron chi connectivity index (χ0n) is 9.85. The summed E-state index contributed by atoms with van der Waals surface area (Å²) in [4.78, 5) is 12.0. The van der Waals surface area contributed by atoms with Gasteiger partial charge in [0.2, 0.25) is 0 Å². The van der Waals surface area contributed by atoms with E-state index in [0.717, 1.165) is 0 Å². The fraction of sp³-hybridized carbons (Fsp3) is 0.154. The van der Waals surface area contributed by atoms with Gasteiger partial charge >= 0.3 is 0 Å². The van der Waals surface area contributed by atoms with Crippen molar-refractivity contribution in [2.45, 2.75) is 13.5 Å². The van der Waals surface area contributed by atoms with Crippen molar-refractivity contribution in [2.24, 2.45) is 0 Å². The molecule has 5 heteroatoms. The summed E-state index contributed by atoms with van der Waals surface area (Å²) in [6.45, 7) is 2.61. The number of carbonyl (C=O) groups is 1. The van der Waals surface area contributed by atoms with Crippen LogP contribution in [0.2, 0.25) is 5.02 Å². The molecule has 0 saturated carbocycles. The van der Waals surface area contributed by atoms with Gasteiger partial charge in [0.25, 0.3) is 5.91 Å². The molecular formula is C13H13ClN2O2. The summed E-state index contributed by atoms with van der Waals surface area (Å²) < 4.78 is 1.78. The Morgan fingerprint density at radius 2 is 2.06 bits per heavy atom. The standard InChI is InChI=1S/C13H13ClN2O2/c1-2-16-8-9(14)7-12(16)13(18)15-10-3-5-11(17)6-4-10/h3-8,17H,2H2,1H3,(H,15,18). The molecule has 2 aromatic rings. The SMILES string of the molecule is CCn1cc(Cl)cc1C(=O)Nc1ccc(O)cc1. The van der Waals surface area contributed by atoms with Gasteiger partial charge in [-0.05, 0) is 37.3 Å². The quantitative estimate of drug-likeness (QED) is 0.837. The summed E-state index contributed by atoms with van der Waals surface area (Å²) >= 11 is 5.88. The molecule has 0 radical (unpaired) electrons. The third kappa shape index (κ3) is 2.65. The van der Waals surface area contributed by atoms with Crippen LogP contribution in [0.5, 0.6) is 5.75 Å². The monoisotopic (exact) mass is 264 g/mol. The summed E-state index contributed by atoms with van der Waals surface area (Å²) in [5.41, 5.74) is 1.13. The normalized spacial score (nSPS) is 10.3. The van der Waals surface area contributed by atoms with E-state index in [0.29, 0.717) is 22.9 Å². The van der Waals surface area contributed by atoms with E-state index >= 15 is 0 Å². The number of rotatable bonds is 3. The molecule has 0 aliphatic rings. The molecule has 4 nitrogen and oxygen atoms in total. The molecule has 2 N–H and O–H groups in total. The van der Waals surface area contributed by atoms with E-state index in [9.17, 15) is 4.79 Å². The maximum absolute atomic E-state index is 12.0. The topological polar surface area (TPSA) is 54.3 Å². The average Bonchev–Trinajstić information content (AvgIpc) is 2.73. The fourth-order valence-electron chi connectivity index (χ4n) is 1.67. The van der Waals surface area contributed by atoms with Crippen molar-refractivity contribution < 1.29 is 9.90 Å². The summed E-state index contributed by atoms with van der Waals surface area (Å²) in [7, 11) is 0. The Bertz CT molecular complexity index is 561. The van der Waals surface area contributed by atoms with Crippen LogP contribution in [0.3, 0.4) is 0 Å². The Hall–Kier alpha value is -1.94. The fourth-order valence-corrected chi connectivity index (χ4v) is 1.89. The second-order valence-electron chi connectivity index (χ2n) is 3.83. The minimum Gasteiger partial charge on any atom is -0.508 e. The number of nitrogens with zero attached hydrogens (tertiary/aromatic N) is 1. The van der Waals surface area contributed by atoms with Crippen molar-refractivity contribution in [3.63, 3.8) is 0 Å². The molecule has 1 amide bonds. The summed E-state index contributed by atoms with van der Waals surface area (Å²) in [5, 5.41) is 12.4. The molecule has 1 aromatic carbocycles. The second-order valence-corrected chi connectivity index (χ2v) is 4.27. The molecule has 0 unspecified atom stereocenters. The zero-order valence-corrected chi connectivity index (χ0v) is 10.6. The largest absolute Gasteiger partial charge is 0.508 e. The van der Waals surface area contributed by atoms with Gasteiger partial charge in [0.15, 0.2) is 0 Å². The highest BCUT2D eigenvalue weighted by Gasteiger charge is 2.12. The molecule has 0 spiro atoms. The number of halogens is 1. The number of phenols is 1. The predicted molar refractivity (Wildman–Crippen MR) is 71.2 cm³/mol. The lowest BCUT2D eigenvalue weighted by Gasteiger charge is -2.07. The second kappa shape index (κ2) is 5.14. The number of aromatic nitrogens is 1. The van der Waals surface area contributed by atoms with Crippen molar-refractivity contribution in [1.29, 1.82) is 0 Å². The minimum atomic E-state index is -0.227. The van der Waals surface area contributed by atoms with Gasteiger partial charge in [0, 0.05) is 18.4 Å². The van der Waals surface area contributed by atoms with Gasteiger partial charge in [0.1, 0.15) is 11.4 Å². The number of phenolic OH excluding ortho intramolecular Hbond substituents is 1. The lowest BCUT2D eigenvalue weighted by molar-refractivity contribution is 0.101. The number of hydrogen-bond acceptors (Lipinski definition) is 2. The molecule has 18 heavy (non-hydrogen) atoms. The summed E-state index contributed by atoms with van der Waals surface area (Å²) in [5.74, 6) is -0.0672. The number of amides is 1. The van der Waals surface area contributed by atoms with Crippen LogP contribution in [-0.2, 0) is 6.54 Å². The van der Waals surface area contributed by atoms with Crippen LogP contribution in [-0.4, -0.2) is 15.6 Å². The van der Waals surface area contributed by atoms with E-state index in [1.54, 1.807) is 29.0 Å². The third-order valence-electron chi connectivity index (χ3n) is 2.56. The molecule has 0 aliphatic heterocycles. The van der Waals surface area contributed by atoms with Crippen LogP contribution in [0.25, 0.3) is 0 Å². The Balaban J connectivity index is 2.19. The number of benzene rings is 1. The molecule has 0 saturated heterocycles. The molecule has 0 aliphatic carbocycles. The molecule has 0 fully saturated rings. The number of anilines is 1. The predicted octanol–water partition coefficient (Wildman–Crippen LogP) is 3.12. The maximum Gasteiger partial charge on any atom is 0.272 e. The Morgan fingerprint density at radius 3 is 2.67 bits per heavy atom. The molecule has 0 bridgehead atoms. The minimum absolute atomic E-state index is 0.160. The van der Waals surface area contributed by atoms with Crippen LogP contribution in [0.15, 0.2) is 36.5 Å². The molecule has 0 atom stereocenters. The first kappa shape index (κ1) is 12.5. The van der Waals surface area contributed by atoms with Crippen molar-refractivity contribution in [2.75, 3.05) is 5.32 Å². The highest BCUT2D eigenvalue weighted by atomic mass is 35.5. The van der Waals surface area contributed by atoms with E-state index < -0.39 is 0 Å². The number of aryl methyl sites for hydroxylation is 1. The first-order valence-electron chi connectivity index (χ1n) is 5.56. The van der Waals surface area contributed by atoms with Gasteiger partial charge in [-0.3, -0.25) is 4.79 Å². The van der Waals surface area contributed by atoms with Crippen LogP contribution in [0, 0.1) is 0 Å². The number of carbonyl (C=O) groups excluding carboxylic acids is 1. The van der Waals surface area contributed by atoms with Crippen LogP contribution >= 0.6 is 11.6 Å². The molecule has 94 valence electrons. The smallest absolute Gasteiger partial charge is 0.272 e. The van der Waals surface area contributed by atoms with Crippen LogP contribution < -0.4 is 5.32 Å². The Morgan fingerprint density at radius 1 is 1.39 bits per heavy atom. The Labute approximate surface area is 110 Å². The Kier molecular flexibility index (Phi) is 3.58. The lowest BCUT2D eigenvalue weighted by Crippen LogP contribution is -2.16. The van der Waals surface area contributed by atoms with Gasteiger partial charge in [-0.1, -0.05) is 11.6 Å². The first-order chi connectivity index (χ1) is 8.60. The number of nitrogens with one attached hydrogen (secondary N) is 1. The van der Waals surface area contributed by atoms with Gasteiger partial charge in [0.05, 0.1) is 5.02 Å². The first-order valence-corrected chi connectivity index (χ1v) is 5.94. The molecule has 2 rings (SSSR count). The molecule has 1 heterocycles. The zero-order chi connectivity index (χ0) is 13.1. The summed E-state index contributed by atoms with van der Waals surface area (Å²) in [6.07, 6.45) is 1.72. The third-order valence-corrected chi connectivity index (χ3v) is 2.77. The van der Waals surface area contributed by atoms with Gasteiger partial charge in [-0.15, -0.1) is 0 Å². The van der Waals surface area contributed by atoms with E-state index in [1.807, 2.05) is 6.92 Å². The molecular weight excluding hydrogens is 252 g/mol. The van der Waals surface area contributed by atoms with Gasteiger partial charge in [-0.2, -0.15) is 0 Å². The number of hydrogen-bond donors (Lipinski definition) is 2. The van der Waals surface area contributed by atoms with Crippen molar-refractivity contribution in [1.82, 2.24) is 4.57 Å². The highest BCUT2D eigenvalue weighted by Crippen LogP contribution is 2.17. The van der Waals surface area contributed by atoms with Gasteiger partial charge in [-0.25, -0.2) is 0 Å². The number of aromatic hydroxyl groups is 1. The van der Waals surface area contributed by atoms with E-state index in [-0.39, 0.29) is 11.7 Å². The molecule has 1 aromatic heterocycles. The van der Waals surface area contributed by atoms with Gasteiger partial charge < -0.3 is 15.0 Å². The van der Waals surface area contributed by atoms with E-state index in [4.69, 9.17) is 16.7 Å². The lowest BCUT2D eigenvalue weighted by atomic mass is 10.3. The van der Waals surface area contributed by atoms with E-state index in [1.165, 1.54) is 12.1 Å². The maximum atomic E-state index is 12.0. The van der Waals surface area contributed by atoms with Crippen LogP contribution in [0.4, 0.5) is 5.69 Å².